The summed E-state index contributed by atoms with van der Waals surface area (Å²) in [5.41, 5.74) is 2.84. The first-order valence-electron chi connectivity index (χ1n) is 10.6. The van der Waals surface area contributed by atoms with E-state index in [9.17, 15) is 19.7 Å². The second-order valence-corrected chi connectivity index (χ2v) is 7.84. The van der Waals surface area contributed by atoms with Crippen LogP contribution in [0.4, 0.5) is 5.69 Å². The average molecular weight is 504 g/mol. The third kappa shape index (κ3) is 5.83. The van der Waals surface area contributed by atoms with Crippen LogP contribution in [0.5, 0.6) is 11.5 Å². The number of rotatable bonds is 8. The van der Waals surface area contributed by atoms with Gasteiger partial charge in [-0.25, -0.2) is 10.2 Å². The van der Waals surface area contributed by atoms with Crippen LogP contribution in [-0.2, 0) is 4.79 Å². The average Bonchev–Trinajstić information content (AvgIpc) is 2.89. The lowest BCUT2D eigenvalue weighted by molar-refractivity contribution is -0.385. The summed E-state index contributed by atoms with van der Waals surface area (Å²) in [5.74, 6) is -1.02. The number of hydrogen-bond acceptors (Lipinski definition) is 7. The molecule has 0 heterocycles. The molecule has 36 heavy (non-hydrogen) atoms. The molecule has 0 saturated heterocycles. The van der Waals surface area contributed by atoms with Crippen molar-refractivity contribution in [1.82, 2.24) is 5.43 Å². The lowest BCUT2D eigenvalue weighted by Gasteiger charge is -2.11. The van der Waals surface area contributed by atoms with Crippen molar-refractivity contribution in [1.29, 1.82) is 0 Å². The Morgan fingerprint density at radius 1 is 0.944 bits per heavy atom. The van der Waals surface area contributed by atoms with Crippen molar-refractivity contribution in [3.8, 4) is 11.5 Å². The van der Waals surface area contributed by atoms with Gasteiger partial charge in [0.25, 0.3) is 5.91 Å². The molecule has 0 atom stereocenters. The first kappa shape index (κ1) is 24.4. The maximum Gasteiger partial charge on any atom is 0.343 e. The standard InChI is InChI=1S/C26H18ClN3O6/c27-19-12-9-18(10-13-19)26(32)36-23-14-11-17-5-1-2-6-20(17)21(23)15-28-29-25(31)16-35-24-8-4-3-7-22(24)30(33)34/h1-15H,16H2,(H,29,31). The fourth-order valence-electron chi connectivity index (χ4n) is 3.32. The summed E-state index contributed by atoms with van der Waals surface area (Å²) in [6.07, 6.45) is 1.36. The Bertz CT molecular complexity index is 1470. The molecule has 0 aliphatic carbocycles. The van der Waals surface area contributed by atoms with E-state index < -0.39 is 23.4 Å². The van der Waals surface area contributed by atoms with E-state index in [-0.39, 0.29) is 17.2 Å². The molecule has 9 nitrogen and oxygen atoms in total. The van der Waals surface area contributed by atoms with Crippen molar-refractivity contribution in [2.24, 2.45) is 5.10 Å². The predicted octanol–water partition coefficient (Wildman–Crippen LogP) is 5.15. The van der Waals surface area contributed by atoms with Crippen molar-refractivity contribution in [2.75, 3.05) is 6.61 Å². The number of amides is 1. The minimum Gasteiger partial charge on any atom is -0.477 e. The summed E-state index contributed by atoms with van der Waals surface area (Å²) in [5, 5.41) is 17.2. The number of benzene rings is 4. The molecule has 0 aliphatic heterocycles. The molecule has 0 bridgehead atoms. The Hall–Kier alpha value is -4.76. The van der Waals surface area contributed by atoms with E-state index in [1.54, 1.807) is 42.5 Å². The third-order valence-electron chi connectivity index (χ3n) is 5.02. The number of nitrogens with one attached hydrogen (secondary N) is 1. The number of para-hydroxylation sites is 2. The van der Waals surface area contributed by atoms with E-state index in [1.807, 2.05) is 24.3 Å². The number of nitrogens with zero attached hydrogens (tertiary/aromatic N) is 2. The van der Waals surface area contributed by atoms with Crippen LogP contribution in [0.3, 0.4) is 0 Å². The van der Waals surface area contributed by atoms with Gasteiger partial charge in [0, 0.05) is 16.7 Å². The first-order valence-corrected chi connectivity index (χ1v) is 11.0. The molecule has 0 aromatic heterocycles. The number of esters is 1. The van der Waals surface area contributed by atoms with Gasteiger partial charge in [0.2, 0.25) is 0 Å². The smallest absolute Gasteiger partial charge is 0.343 e. The summed E-state index contributed by atoms with van der Waals surface area (Å²) in [6.45, 7) is -0.490. The fraction of sp³-hybridized carbons (Fsp3) is 0.0385. The van der Waals surface area contributed by atoms with Gasteiger partial charge in [0.1, 0.15) is 5.75 Å². The number of carbonyl (C=O) groups excluding carboxylic acids is 2. The molecule has 180 valence electrons. The van der Waals surface area contributed by atoms with Crippen LogP contribution in [0.15, 0.2) is 90.0 Å². The van der Waals surface area contributed by atoms with E-state index in [0.29, 0.717) is 16.1 Å². The molecule has 1 N–H and O–H groups in total. The highest BCUT2D eigenvalue weighted by Crippen LogP contribution is 2.28. The molecule has 4 aromatic carbocycles. The molecular formula is C26H18ClN3O6. The van der Waals surface area contributed by atoms with Gasteiger partial charge < -0.3 is 9.47 Å². The minimum absolute atomic E-state index is 0.0351. The summed E-state index contributed by atoms with van der Waals surface area (Å²) < 4.78 is 10.9. The molecule has 0 aliphatic rings. The molecule has 0 unspecified atom stereocenters. The van der Waals surface area contributed by atoms with E-state index >= 15 is 0 Å². The quantitative estimate of drug-likeness (QED) is 0.117. The van der Waals surface area contributed by atoms with Crippen LogP contribution < -0.4 is 14.9 Å². The lowest BCUT2D eigenvalue weighted by Crippen LogP contribution is -2.24. The van der Waals surface area contributed by atoms with Gasteiger partial charge in [-0.1, -0.05) is 54.1 Å². The Kier molecular flexibility index (Phi) is 7.52. The number of nitro groups is 1. The van der Waals surface area contributed by atoms with E-state index in [4.69, 9.17) is 21.1 Å². The fourth-order valence-corrected chi connectivity index (χ4v) is 3.44. The number of ether oxygens (including phenoxy) is 2. The van der Waals surface area contributed by atoms with E-state index in [2.05, 4.69) is 10.5 Å². The maximum atomic E-state index is 12.6. The largest absolute Gasteiger partial charge is 0.477 e. The van der Waals surface area contributed by atoms with E-state index in [0.717, 1.165) is 10.8 Å². The van der Waals surface area contributed by atoms with Crippen LogP contribution in [0.1, 0.15) is 15.9 Å². The van der Waals surface area contributed by atoms with Gasteiger partial charge in [-0.05, 0) is 47.2 Å². The van der Waals surface area contributed by atoms with Crippen molar-refractivity contribution in [3.05, 3.63) is 111 Å². The molecule has 0 spiro atoms. The highest BCUT2D eigenvalue weighted by molar-refractivity contribution is 6.30. The summed E-state index contributed by atoms with van der Waals surface area (Å²) >= 11 is 5.89. The molecule has 10 heteroatoms. The molecule has 1 amide bonds. The Balaban J connectivity index is 1.50. The molecule has 0 fully saturated rings. The Morgan fingerprint density at radius 2 is 1.67 bits per heavy atom. The first-order chi connectivity index (χ1) is 17.4. The third-order valence-corrected chi connectivity index (χ3v) is 5.27. The van der Waals surface area contributed by atoms with Crippen LogP contribution in [0.25, 0.3) is 10.8 Å². The van der Waals surface area contributed by atoms with Crippen molar-refractivity contribution in [3.63, 3.8) is 0 Å². The molecule has 4 aromatic rings. The zero-order valence-electron chi connectivity index (χ0n) is 18.6. The molecular weight excluding hydrogens is 486 g/mol. The van der Waals surface area contributed by atoms with Crippen molar-refractivity contribution in [2.45, 2.75) is 0 Å². The van der Waals surface area contributed by atoms with E-state index in [1.165, 1.54) is 24.4 Å². The highest BCUT2D eigenvalue weighted by Gasteiger charge is 2.16. The maximum absolute atomic E-state index is 12.6. The number of carbonyl (C=O) groups is 2. The summed E-state index contributed by atoms with van der Waals surface area (Å²) in [7, 11) is 0. The minimum atomic E-state index is -0.635. The SMILES string of the molecule is O=C(COc1ccccc1[N+](=O)[O-])NN=Cc1c(OC(=O)c2ccc(Cl)cc2)ccc2ccccc12. The van der Waals surface area contributed by atoms with Crippen LogP contribution in [0.2, 0.25) is 5.02 Å². The second kappa shape index (κ2) is 11.1. The number of nitro benzene ring substituents is 1. The molecule has 0 radical (unpaired) electrons. The van der Waals surface area contributed by atoms with Crippen molar-refractivity contribution < 1.29 is 24.0 Å². The van der Waals surface area contributed by atoms with Crippen molar-refractivity contribution >= 4 is 46.2 Å². The van der Waals surface area contributed by atoms with Crippen LogP contribution >= 0.6 is 11.6 Å². The predicted molar refractivity (Wildman–Crippen MR) is 135 cm³/mol. The summed E-state index contributed by atoms with van der Waals surface area (Å²) in [6, 6.07) is 22.8. The Morgan fingerprint density at radius 3 is 2.44 bits per heavy atom. The topological polar surface area (TPSA) is 120 Å². The molecule has 0 saturated carbocycles. The number of hydrazone groups is 1. The van der Waals surface area contributed by atoms with Gasteiger partial charge in [0.15, 0.2) is 12.4 Å². The second-order valence-electron chi connectivity index (χ2n) is 7.40. The monoisotopic (exact) mass is 503 g/mol. The van der Waals surface area contributed by atoms with Crippen LogP contribution in [-0.4, -0.2) is 29.6 Å². The van der Waals surface area contributed by atoms with Gasteiger partial charge >= 0.3 is 11.7 Å². The lowest BCUT2D eigenvalue weighted by atomic mass is 10.0. The number of hydrogen-bond donors (Lipinski definition) is 1. The number of halogens is 1. The van der Waals surface area contributed by atoms with Gasteiger partial charge in [-0.15, -0.1) is 0 Å². The van der Waals surface area contributed by atoms with Gasteiger partial charge in [-0.3, -0.25) is 14.9 Å². The zero-order valence-corrected chi connectivity index (χ0v) is 19.3. The normalized spacial score (nSPS) is 10.8. The van der Waals surface area contributed by atoms with Gasteiger partial charge in [-0.2, -0.15) is 5.10 Å². The highest BCUT2D eigenvalue weighted by atomic mass is 35.5. The van der Waals surface area contributed by atoms with Gasteiger partial charge in [0.05, 0.1) is 16.7 Å². The zero-order chi connectivity index (χ0) is 25.5. The number of fused-ring (bicyclic) bond motifs is 1. The summed E-state index contributed by atoms with van der Waals surface area (Å²) in [4.78, 5) is 35.3. The van der Waals surface area contributed by atoms with Crippen LogP contribution in [0, 0.1) is 10.1 Å². The molecule has 4 rings (SSSR count). The Labute approximate surface area is 210 Å².